The Morgan fingerprint density at radius 2 is 1.85 bits per heavy atom. The topological polar surface area (TPSA) is 9.23 Å². The number of hydrogen-bond acceptors (Lipinski definition) is 1. The zero-order valence-electron chi connectivity index (χ0n) is 6.77. The summed E-state index contributed by atoms with van der Waals surface area (Å²) in [5.41, 5.74) is 0.451. The van der Waals surface area contributed by atoms with Crippen molar-refractivity contribution in [2.75, 3.05) is 6.61 Å². The number of rotatable bonds is 2. The molecule has 0 aliphatic rings. The molecule has 0 amide bonds. The van der Waals surface area contributed by atoms with Gasteiger partial charge in [0.25, 0.3) is 0 Å². The lowest BCUT2D eigenvalue weighted by Gasteiger charge is -2.10. The molecule has 1 nitrogen and oxygen atoms in total. The van der Waals surface area contributed by atoms with Crippen molar-refractivity contribution in [3.8, 4) is 5.75 Å². The number of benzene rings is 1. The highest BCUT2D eigenvalue weighted by molar-refractivity contribution is 5.35. The molecule has 1 rings (SSSR count). The van der Waals surface area contributed by atoms with Gasteiger partial charge in [0.2, 0.25) is 0 Å². The van der Waals surface area contributed by atoms with Gasteiger partial charge in [-0.25, -0.2) is 0 Å². The van der Waals surface area contributed by atoms with E-state index in [1.54, 1.807) is 18.2 Å². The Bertz CT molecular complexity index is 280. The molecule has 1 aromatic rings. The third-order valence-electron chi connectivity index (χ3n) is 1.36. The maximum atomic E-state index is 11.7. The van der Waals surface area contributed by atoms with E-state index in [2.05, 4.69) is 11.7 Å². The lowest BCUT2D eigenvalue weighted by atomic mass is 10.2. The summed E-state index contributed by atoms with van der Waals surface area (Å²) in [5, 5.41) is 0. The lowest BCUT2D eigenvalue weighted by Crippen LogP contribution is -2.19. The van der Waals surface area contributed by atoms with E-state index < -0.39 is 12.8 Å². The number of hydrogen-bond donors (Lipinski definition) is 0. The Morgan fingerprint density at radius 3 is 2.38 bits per heavy atom. The van der Waals surface area contributed by atoms with Crippen LogP contribution in [0.5, 0.6) is 5.75 Å². The van der Waals surface area contributed by atoms with Gasteiger partial charge < -0.3 is 4.74 Å². The predicted octanol–water partition coefficient (Wildman–Crippen LogP) is 2.81. The Hall–Kier alpha value is -1.19. The van der Waals surface area contributed by atoms with Gasteiger partial charge in [0.15, 0.2) is 6.61 Å². The normalized spacial score (nSPS) is 11.4. The minimum Gasteiger partial charge on any atom is -0.484 e. The van der Waals surface area contributed by atoms with Crippen molar-refractivity contribution in [1.29, 1.82) is 0 Å². The fourth-order valence-electron chi connectivity index (χ4n) is 0.804. The third-order valence-corrected chi connectivity index (χ3v) is 1.36. The largest absolute Gasteiger partial charge is 0.484 e. The standard InChI is InChI=1S/C9H8F3O/c1-7-4-2-3-5-8(7)13-6-9(10,11)12/h2-5H,1,6H2. The van der Waals surface area contributed by atoms with Crippen molar-refractivity contribution in [2.45, 2.75) is 6.18 Å². The minimum atomic E-state index is -4.30. The van der Waals surface area contributed by atoms with Crippen LogP contribution in [0.25, 0.3) is 0 Å². The van der Waals surface area contributed by atoms with Crippen molar-refractivity contribution in [1.82, 2.24) is 0 Å². The molecule has 1 aromatic carbocycles. The molecule has 0 aromatic heterocycles. The highest BCUT2D eigenvalue weighted by atomic mass is 19.4. The maximum Gasteiger partial charge on any atom is 0.422 e. The van der Waals surface area contributed by atoms with Gasteiger partial charge in [-0.15, -0.1) is 0 Å². The van der Waals surface area contributed by atoms with E-state index in [1.165, 1.54) is 6.07 Å². The highest BCUT2D eigenvalue weighted by Gasteiger charge is 2.28. The number of para-hydroxylation sites is 1. The molecular formula is C9H8F3O. The summed E-state index contributed by atoms with van der Waals surface area (Å²) < 4.78 is 39.7. The van der Waals surface area contributed by atoms with Gasteiger partial charge in [0.1, 0.15) is 5.75 Å². The molecule has 0 atom stereocenters. The van der Waals surface area contributed by atoms with Crippen molar-refractivity contribution in [3.05, 3.63) is 36.8 Å². The summed E-state index contributed by atoms with van der Waals surface area (Å²) in [6.07, 6.45) is -4.30. The molecular weight excluding hydrogens is 181 g/mol. The molecule has 0 bridgehead atoms. The molecule has 13 heavy (non-hydrogen) atoms. The van der Waals surface area contributed by atoms with Crippen LogP contribution < -0.4 is 4.74 Å². The zero-order chi connectivity index (χ0) is 9.90. The zero-order valence-corrected chi connectivity index (χ0v) is 6.77. The van der Waals surface area contributed by atoms with Crippen molar-refractivity contribution in [2.24, 2.45) is 0 Å². The van der Waals surface area contributed by atoms with Crippen LogP contribution in [0.15, 0.2) is 24.3 Å². The number of halogens is 3. The van der Waals surface area contributed by atoms with E-state index in [0.29, 0.717) is 5.56 Å². The summed E-state index contributed by atoms with van der Waals surface area (Å²) >= 11 is 0. The second-order valence-corrected chi connectivity index (χ2v) is 2.51. The monoisotopic (exact) mass is 189 g/mol. The molecule has 71 valence electrons. The second kappa shape index (κ2) is 3.68. The number of alkyl halides is 3. The van der Waals surface area contributed by atoms with Gasteiger partial charge in [-0.3, -0.25) is 0 Å². The first-order valence-corrected chi connectivity index (χ1v) is 3.59. The van der Waals surface area contributed by atoms with Crippen LogP contribution in [0, 0.1) is 6.92 Å². The van der Waals surface area contributed by atoms with Gasteiger partial charge in [-0.05, 0) is 18.6 Å². The Balaban J connectivity index is 2.60. The molecule has 0 N–H and O–H groups in total. The van der Waals surface area contributed by atoms with E-state index in [9.17, 15) is 13.2 Å². The average molecular weight is 189 g/mol. The van der Waals surface area contributed by atoms with Crippen LogP contribution in [-0.4, -0.2) is 12.8 Å². The van der Waals surface area contributed by atoms with E-state index in [-0.39, 0.29) is 5.75 Å². The molecule has 0 saturated carbocycles. The fourth-order valence-corrected chi connectivity index (χ4v) is 0.804. The van der Waals surface area contributed by atoms with Gasteiger partial charge in [-0.1, -0.05) is 18.2 Å². The van der Waals surface area contributed by atoms with Crippen molar-refractivity contribution >= 4 is 0 Å². The van der Waals surface area contributed by atoms with E-state index in [1.807, 2.05) is 0 Å². The van der Waals surface area contributed by atoms with Crippen molar-refractivity contribution < 1.29 is 17.9 Å². The smallest absolute Gasteiger partial charge is 0.422 e. The molecule has 0 aliphatic heterocycles. The summed E-state index contributed by atoms with van der Waals surface area (Å²) in [6, 6.07) is 6.32. The number of ether oxygens (including phenoxy) is 1. The van der Waals surface area contributed by atoms with Crippen LogP contribution in [0.4, 0.5) is 13.2 Å². The summed E-state index contributed by atoms with van der Waals surface area (Å²) in [5.74, 6) is 0.167. The van der Waals surface area contributed by atoms with Gasteiger partial charge in [-0.2, -0.15) is 13.2 Å². The first-order chi connectivity index (χ1) is 5.99. The summed E-state index contributed by atoms with van der Waals surface area (Å²) in [4.78, 5) is 0. The van der Waals surface area contributed by atoms with Crippen LogP contribution in [0.1, 0.15) is 5.56 Å². The molecule has 0 aliphatic carbocycles. The van der Waals surface area contributed by atoms with Gasteiger partial charge >= 0.3 is 6.18 Å². The van der Waals surface area contributed by atoms with E-state index in [0.717, 1.165) is 0 Å². The first-order valence-electron chi connectivity index (χ1n) is 3.59. The summed E-state index contributed by atoms with van der Waals surface area (Å²) in [7, 11) is 0. The molecule has 0 heterocycles. The van der Waals surface area contributed by atoms with Crippen molar-refractivity contribution in [3.63, 3.8) is 0 Å². The van der Waals surface area contributed by atoms with Crippen LogP contribution in [-0.2, 0) is 0 Å². The van der Waals surface area contributed by atoms with Crippen LogP contribution >= 0.6 is 0 Å². The SMILES string of the molecule is [CH2]c1ccccc1OCC(F)(F)F. The maximum absolute atomic E-state index is 11.7. The van der Waals surface area contributed by atoms with Crippen LogP contribution in [0.3, 0.4) is 0 Å². The second-order valence-electron chi connectivity index (χ2n) is 2.51. The quantitative estimate of drug-likeness (QED) is 0.695. The molecule has 0 unspecified atom stereocenters. The lowest BCUT2D eigenvalue weighted by molar-refractivity contribution is -0.153. The average Bonchev–Trinajstić information content (AvgIpc) is 2.01. The molecule has 0 spiro atoms. The summed E-state index contributed by atoms with van der Waals surface area (Å²) in [6.45, 7) is 2.25. The molecule has 1 radical (unpaired) electrons. The van der Waals surface area contributed by atoms with Gasteiger partial charge in [0.05, 0.1) is 0 Å². The highest BCUT2D eigenvalue weighted by Crippen LogP contribution is 2.20. The molecule has 0 fully saturated rings. The van der Waals surface area contributed by atoms with E-state index >= 15 is 0 Å². The Morgan fingerprint density at radius 1 is 1.23 bits per heavy atom. The first kappa shape index (κ1) is 9.89. The van der Waals surface area contributed by atoms with Gasteiger partial charge in [0, 0.05) is 0 Å². The molecule has 4 heteroatoms. The third kappa shape index (κ3) is 3.36. The van der Waals surface area contributed by atoms with Crippen LogP contribution in [0.2, 0.25) is 0 Å². The predicted molar refractivity (Wildman–Crippen MR) is 42.5 cm³/mol. The minimum absolute atomic E-state index is 0.167. The Kier molecular flexibility index (Phi) is 2.80. The van der Waals surface area contributed by atoms with E-state index in [4.69, 9.17) is 0 Å². The fraction of sp³-hybridized carbons (Fsp3) is 0.222. The molecule has 0 saturated heterocycles. The Labute approximate surface area is 74.1 Å².